The van der Waals surface area contributed by atoms with Crippen molar-refractivity contribution in [3.05, 3.63) is 47.8 Å². The zero-order chi connectivity index (χ0) is 32.5. The molecule has 2 rings (SSSR count). The minimum Gasteiger partial charge on any atom is -0.394 e. The summed E-state index contributed by atoms with van der Waals surface area (Å²) in [6, 6.07) is 6.68. The summed E-state index contributed by atoms with van der Waals surface area (Å²) >= 11 is 0. The molecule has 3 unspecified atom stereocenters. The molecule has 3 atom stereocenters. The summed E-state index contributed by atoms with van der Waals surface area (Å²) in [5.41, 5.74) is 18.8. The molecule has 0 fully saturated rings. The molecule has 0 aliphatic heterocycles. The quantitative estimate of drug-likeness (QED) is 0.172. The number of aryl methyl sites for hydroxylation is 3. The second-order valence-corrected chi connectivity index (χ2v) is 9.83. The van der Waals surface area contributed by atoms with Crippen molar-refractivity contribution in [2.45, 2.75) is 91.8 Å². The lowest BCUT2D eigenvalue weighted by atomic mass is 10.1. The molecule has 0 aliphatic rings. The van der Waals surface area contributed by atoms with Gasteiger partial charge in [0.2, 0.25) is 17.7 Å². The van der Waals surface area contributed by atoms with Crippen molar-refractivity contribution < 1.29 is 19.5 Å². The average Bonchev–Trinajstić information content (AvgIpc) is 3.33. The number of aliphatic hydroxyl groups excluding tert-OH is 1. The molecule has 1 aromatic heterocycles. The van der Waals surface area contributed by atoms with Crippen LogP contribution in [-0.4, -0.2) is 70.4 Å². The van der Waals surface area contributed by atoms with Crippen molar-refractivity contribution in [3.8, 4) is 0 Å². The molecular weight excluding hydrogens is 536 g/mol. The van der Waals surface area contributed by atoms with E-state index in [2.05, 4.69) is 34.9 Å². The topological polar surface area (TPSA) is 203 Å². The molecule has 0 saturated heterocycles. The maximum Gasteiger partial charge on any atom is 0.240 e. The number of hydrogen-bond donors (Lipinski definition) is 7. The number of aliphatic hydroxyl groups is 1. The Morgan fingerprint density at radius 2 is 1.45 bits per heavy atom. The third-order valence-corrected chi connectivity index (χ3v) is 5.57. The van der Waals surface area contributed by atoms with Crippen LogP contribution in [0.5, 0.6) is 0 Å². The van der Waals surface area contributed by atoms with E-state index in [9.17, 15) is 14.4 Å². The Labute approximate surface area is 252 Å². The highest BCUT2D eigenvalue weighted by Gasteiger charge is 2.11. The van der Waals surface area contributed by atoms with E-state index in [0.717, 1.165) is 44.3 Å². The molecule has 3 amide bonds. The minimum absolute atomic E-state index is 0.139. The van der Waals surface area contributed by atoms with Gasteiger partial charge < -0.3 is 38.3 Å². The molecular formula is C30H56N8O4. The van der Waals surface area contributed by atoms with E-state index < -0.39 is 18.0 Å². The third-order valence-electron chi connectivity index (χ3n) is 5.57. The van der Waals surface area contributed by atoms with Crippen LogP contribution in [0.1, 0.15) is 71.4 Å². The Morgan fingerprint density at radius 3 is 1.76 bits per heavy atom. The average molecular weight is 593 g/mol. The Hall–Kier alpha value is -3.32. The van der Waals surface area contributed by atoms with E-state index >= 15 is 0 Å². The fourth-order valence-corrected chi connectivity index (χ4v) is 3.18. The van der Waals surface area contributed by atoms with Crippen LogP contribution in [0.25, 0.3) is 0 Å². The molecule has 12 nitrogen and oxygen atoms in total. The van der Waals surface area contributed by atoms with Gasteiger partial charge in [0.1, 0.15) is 6.04 Å². The van der Waals surface area contributed by atoms with E-state index in [4.69, 9.17) is 22.3 Å². The largest absolute Gasteiger partial charge is 0.394 e. The van der Waals surface area contributed by atoms with E-state index in [0.29, 0.717) is 6.54 Å². The first-order valence-electron chi connectivity index (χ1n) is 14.6. The summed E-state index contributed by atoms with van der Waals surface area (Å²) in [7, 11) is 1.91. The Morgan fingerprint density at radius 1 is 0.929 bits per heavy atom. The number of amides is 3. The Bertz CT molecular complexity index is 937. The van der Waals surface area contributed by atoms with Gasteiger partial charge in [0.05, 0.1) is 24.9 Å². The highest BCUT2D eigenvalue weighted by atomic mass is 16.3. The molecule has 1 heterocycles. The first-order chi connectivity index (χ1) is 19.9. The first-order valence-corrected chi connectivity index (χ1v) is 14.6. The standard InChI is InChI=1S/C12H18N2O.C7H16N2O.C6H14N2O2.C5H8N2/c1-3-4-10-5-7-11(8-6-10)14-12(15)9(2)13;1-3-5-9-6(4-2)7(8)10;1-2-3-8-5(4-9)6(7)10;1-5-3-6-7(2)4-5/h5-9H,3-4,13H2,1-2H3,(H,14,15);6,9H,3-5H2,1-2H3,(H2,8,10);5,8-9H,2-4H2,1H3,(H2,7,10);3-4H,1-2H3. The lowest BCUT2D eigenvalue weighted by molar-refractivity contribution is -0.121. The summed E-state index contributed by atoms with van der Waals surface area (Å²) < 4.78 is 1.79. The van der Waals surface area contributed by atoms with Crippen LogP contribution in [0.2, 0.25) is 0 Å². The van der Waals surface area contributed by atoms with Gasteiger partial charge in [-0.15, -0.1) is 0 Å². The smallest absolute Gasteiger partial charge is 0.240 e. The SMILES string of the molecule is CCCNC(CC)C(N)=O.CCCNC(CO)C(N)=O.CCCc1ccc(NC(=O)C(C)N)cc1.Cc1cnn(C)c1. The van der Waals surface area contributed by atoms with E-state index in [1.165, 1.54) is 11.1 Å². The first kappa shape index (κ1) is 40.8. The maximum atomic E-state index is 11.3. The predicted molar refractivity (Wildman–Crippen MR) is 171 cm³/mol. The second-order valence-electron chi connectivity index (χ2n) is 9.83. The lowest BCUT2D eigenvalue weighted by Crippen LogP contribution is -2.44. The summed E-state index contributed by atoms with van der Waals surface area (Å²) in [5.74, 6) is -0.912. The third kappa shape index (κ3) is 21.4. The summed E-state index contributed by atoms with van der Waals surface area (Å²) in [6.07, 6.45) is 8.73. The van der Waals surface area contributed by atoms with Crippen LogP contribution in [0, 0.1) is 6.92 Å². The molecule has 0 bridgehead atoms. The van der Waals surface area contributed by atoms with Crippen molar-refractivity contribution in [1.82, 2.24) is 20.4 Å². The molecule has 42 heavy (non-hydrogen) atoms. The number of benzene rings is 1. The number of nitrogens with one attached hydrogen (secondary N) is 3. The van der Waals surface area contributed by atoms with E-state index in [1.807, 2.05) is 64.5 Å². The van der Waals surface area contributed by atoms with E-state index in [1.54, 1.807) is 11.6 Å². The van der Waals surface area contributed by atoms with Gasteiger partial charge >= 0.3 is 0 Å². The van der Waals surface area contributed by atoms with Crippen molar-refractivity contribution in [2.75, 3.05) is 25.0 Å². The fourth-order valence-electron chi connectivity index (χ4n) is 3.18. The maximum absolute atomic E-state index is 11.3. The van der Waals surface area contributed by atoms with Crippen LogP contribution in [0.4, 0.5) is 5.69 Å². The second kappa shape index (κ2) is 25.4. The lowest BCUT2D eigenvalue weighted by Gasteiger charge is -2.11. The molecule has 0 spiro atoms. The number of nitrogens with two attached hydrogens (primary N) is 3. The Kier molecular flexibility index (Phi) is 24.7. The summed E-state index contributed by atoms with van der Waals surface area (Å²) in [6.45, 7) is 13.1. The number of hydrogen-bond acceptors (Lipinski definition) is 8. The van der Waals surface area contributed by atoms with E-state index in [-0.39, 0.29) is 24.5 Å². The zero-order valence-corrected chi connectivity index (χ0v) is 26.7. The highest BCUT2D eigenvalue weighted by Crippen LogP contribution is 2.11. The monoisotopic (exact) mass is 592 g/mol. The molecule has 0 saturated carbocycles. The van der Waals surface area contributed by atoms with Crippen LogP contribution in [0.15, 0.2) is 36.7 Å². The van der Waals surface area contributed by atoms with Crippen LogP contribution in [-0.2, 0) is 27.9 Å². The number of aromatic nitrogens is 2. The van der Waals surface area contributed by atoms with Crippen molar-refractivity contribution in [1.29, 1.82) is 0 Å². The molecule has 12 heteroatoms. The minimum atomic E-state index is -0.583. The predicted octanol–water partition coefficient (Wildman–Crippen LogP) is 1.74. The molecule has 240 valence electrons. The molecule has 1 aromatic carbocycles. The van der Waals surface area contributed by atoms with Crippen LogP contribution in [0.3, 0.4) is 0 Å². The Balaban J connectivity index is 0. The summed E-state index contributed by atoms with van der Waals surface area (Å²) in [5, 5.41) is 21.1. The van der Waals surface area contributed by atoms with Gasteiger partial charge in [0, 0.05) is 18.9 Å². The van der Waals surface area contributed by atoms with Gasteiger partial charge in [0.25, 0.3) is 0 Å². The normalized spacial score (nSPS) is 12.1. The van der Waals surface area contributed by atoms with Gasteiger partial charge in [-0.25, -0.2) is 0 Å². The van der Waals surface area contributed by atoms with Gasteiger partial charge in [-0.05, 0) is 75.9 Å². The van der Waals surface area contributed by atoms with Gasteiger partial charge in [0.15, 0.2) is 0 Å². The molecule has 0 radical (unpaired) electrons. The number of primary amides is 2. The van der Waals surface area contributed by atoms with Crippen LogP contribution < -0.4 is 33.2 Å². The van der Waals surface area contributed by atoms with Crippen molar-refractivity contribution >= 4 is 23.4 Å². The fraction of sp³-hybridized carbons (Fsp3) is 0.600. The van der Waals surface area contributed by atoms with Gasteiger partial charge in [-0.3, -0.25) is 19.1 Å². The number of carbonyl (C=O) groups excluding carboxylic acids is 3. The van der Waals surface area contributed by atoms with Gasteiger partial charge in [-0.2, -0.15) is 5.10 Å². The highest BCUT2D eigenvalue weighted by molar-refractivity contribution is 5.94. The molecule has 10 N–H and O–H groups in total. The number of rotatable bonds is 14. The van der Waals surface area contributed by atoms with Crippen LogP contribution >= 0.6 is 0 Å². The molecule has 0 aliphatic carbocycles. The number of anilines is 1. The number of carbonyl (C=O) groups is 3. The number of nitrogens with zero attached hydrogens (tertiary/aromatic N) is 2. The van der Waals surface area contributed by atoms with Crippen molar-refractivity contribution in [3.63, 3.8) is 0 Å². The molecule has 2 aromatic rings. The summed E-state index contributed by atoms with van der Waals surface area (Å²) in [4.78, 5) is 32.3. The van der Waals surface area contributed by atoms with Crippen molar-refractivity contribution in [2.24, 2.45) is 24.2 Å². The van der Waals surface area contributed by atoms with Gasteiger partial charge in [-0.1, -0.05) is 46.2 Å². The zero-order valence-electron chi connectivity index (χ0n) is 26.7.